The number of rotatable bonds is 19. The molecule has 2 aromatic carbocycles. The van der Waals surface area contributed by atoms with E-state index in [1.54, 1.807) is 77.6 Å². The molecular formula is C48H64F2N8O8. The van der Waals surface area contributed by atoms with Crippen molar-refractivity contribution in [1.29, 1.82) is 0 Å². The molecule has 358 valence electrons. The second-order valence-corrected chi connectivity index (χ2v) is 17.4. The number of aromatic amines is 2. The van der Waals surface area contributed by atoms with Crippen molar-refractivity contribution in [1.82, 2.24) is 41.0 Å². The van der Waals surface area contributed by atoms with Crippen LogP contribution >= 0.6 is 0 Å². The lowest BCUT2D eigenvalue weighted by Gasteiger charge is -2.30. The molecule has 2 aliphatic heterocycles. The van der Waals surface area contributed by atoms with Crippen LogP contribution in [0.3, 0.4) is 0 Å². The van der Waals surface area contributed by atoms with Gasteiger partial charge in [0, 0.05) is 59.6 Å². The fourth-order valence-corrected chi connectivity index (χ4v) is 9.09. The number of nitrogens with zero attached hydrogens (tertiary/aromatic N) is 2. The monoisotopic (exact) mass is 918 g/mol. The molecule has 2 fully saturated rings. The third-order valence-corrected chi connectivity index (χ3v) is 13.1. The van der Waals surface area contributed by atoms with E-state index in [2.05, 4.69) is 31.2 Å². The van der Waals surface area contributed by atoms with Gasteiger partial charge in [-0.3, -0.25) is 28.8 Å². The van der Waals surface area contributed by atoms with Gasteiger partial charge in [-0.15, -0.1) is 0 Å². The predicted molar refractivity (Wildman–Crippen MR) is 245 cm³/mol. The Hall–Kier alpha value is -5.88. The number of carbonyl (C=O) groups excluding carboxylic acids is 6. The molecule has 18 heteroatoms. The first kappa shape index (κ1) is 49.6. The van der Waals surface area contributed by atoms with Crippen LogP contribution in [0.25, 0.3) is 33.2 Å². The van der Waals surface area contributed by atoms with Crippen LogP contribution in [0, 0.1) is 11.6 Å². The quantitative estimate of drug-likeness (QED) is 0.0725. The number of esters is 2. The first-order valence-corrected chi connectivity index (χ1v) is 23.1. The van der Waals surface area contributed by atoms with E-state index < -0.39 is 72.0 Å². The van der Waals surface area contributed by atoms with E-state index in [9.17, 15) is 28.8 Å². The minimum absolute atomic E-state index is 0.0921. The van der Waals surface area contributed by atoms with Gasteiger partial charge in [0.05, 0.1) is 36.6 Å². The highest BCUT2D eigenvalue weighted by Gasteiger charge is 2.43. The van der Waals surface area contributed by atoms with Crippen molar-refractivity contribution < 1.29 is 47.0 Å². The largest absolute Gasteiger partial charge is 0.460 e. The number of fused-ring (bicyclic) bond motifs is 2. The second-order valence-electron chi connectivity index (χ2n) is 17.4. The van der Waals surface area contributed by atoms with Gasteiger partial charge in [0.1, 0.15) is 35.9 Å². The number of amides is 4. The van der Waals surface area contributed by atoms with Crippen molar-refractivity contribution in [2.45, 2.75) is 141 Å². The number of benzene rings is 2. The Morgan fingerprint density at radius 3 is 1.36 bits per heavy atom. The van der Waals surface area contributed by atoms with E-state index in [4.69, 9.17) is 9.47 Å². The van der Waals surface area contributed by atoms with Crippen molar-refractivity contribution >= 4 is 57.4 Å². The minimum atomic E-state index is -0.868. The highest BCUT2D eigenvalue weighted by Crippen LogP contribution is 2.40. The van der Waals surface area contributed by atoms with Crippen LogP contribution in [0.1, 0.15) is 91.2 Å². The number of carbonyl (C=O) groups is 6. The topological polar surface area (TPSA) is 207 Å². The van der Waals surface area contributed by atoms with Gasteiger partial charge in [0.25, 0.3) is 0 Å². The highest BCUT2D eigenvalue weighted by molar-refractivity contribution is 5.97. The number of nitrogens with one attached hydrogen (secondary N) is 6. The zero-order chi connectivity index (χ0) is 48.0. The molecule has 6 N–H and O–H groups in total. The number of likely N-dealkylation sites (tertiary alicyclic amines) is 2. The smallest absolute Gasteiger partial charge is 0.305 e. The number of likely N-dealkylation sites (N-methyl/N-ethyl adjacent to an activating group) is 2. The second kappa shape index (κ2) is 21.6. The minimum Gasteiger partial charge on any atom is -0.460 e. The zero-order valence-electron chi connectivity index (χ0n) is 39.1. The van der Waals surface area contributed by atoms with Crippen LogP contribution in [0.5, 0.6) is 0 Å². The van der Waals surface area contributed by atoms with E-state index >= 15 is 8.78 Å². The van der Waals surface area contributed by atoms with Gasteiger partial charge in [-0.2, -0.15) is 0 Å². The molecule has 16 nitrogen and oxygen atoms in total. The molecule has 2 saturated heterocycles. The molecule has 0 saturated carbocycles. The molecule has 2 aliphatic rings. The van der Waals surface area contributed by atoms with Gasteiger partial charge in [-0.1, -0.05) is 27.7 Å². The maximum Gasteiger partial charge on any atom is 0.305 e. The number of H-pyrrole nitrogens is 2. The average Bonchev–Trinajstić information content (AvgIpc) is 4.08. The van der Waals surface area contributed by atoms with Crippen LogP contribution in [-0.2, 0) is 51.1 Å². The van der Waals surface area contributed by atoms with Crippen LogP contribution in [-0.4, -0.2) is 131 Å². The molecule has 0 bridgehead atoms. The van der Waals surface area contributed by atoms with E-state index in [1.807, 2.05) is 0 Å². The van der Waals surface area contributed by atoms with Crippen LogP contribution in [0.2, 0.25) is 0 Å². The Morgan fingerprint density at radius 2 is 1.03 bits per heavy atom. The van der Waals surface area contributed by atoms with Crippen molar-refractivity contribution in [3.63, 3.8) is 0 Å². The van der Waals surface area contributed by atoms with E-state index in [-0.39, 0.29) is 75.2 Å². The molecule has 0 radical (unpaired) electrons. The first-order chi connectivity index (χ1) is 31.5. The van der Waals surface area contributed by atoms with Crippen molar-refractivity contribution in [2.75, 3.05) is 27.2 Å². The van der Waals surface area contributed by atoms with Crippen molar-refractivity contribution in [3.8, 4) is 11.4 Å². The van der Waals surface area contributed by atoms with Gasteiger partial charge < -0.3 is 50.5 Å². The summed E-state index contributed by atoms with van der Waals surface area (Å²) in [5, 5.41) is 12.8. The number of ether oxygens (including phenoxy) is 2. The number of hydrogen-bond donors (Lipinski definition) is 6. The molecule has 0 aliphatic carbocycles. The number of aromatic nitrogens is 2. The maximum absolute atomic E-state index is 15.0. The van der Waals surface area contributed by atoms with Gasteiger partial charge in [0.2, 0.25) is 23.6 Å². The summed E-state index contributed by atoms with van der Waals surface area (Å²) in [5.41, 5.74) is 3.40. The molecule has 66 heavy (non-hydrogen) atoms. The number of halogens is 2. The van der Waals surface area contributed by atoms with Crippen molar-refractivity contribution in [2.24, 2.45) is 0 Å². The summed E-state index contributed by atoms with van der Waals surface area (Å²) in [4.78, 5) is 90.3. The predicted octanol–water partition coefficient (Wildman–Crippen LogP) is 4.53. The molecule has 6 rings (SSSR count). The van der Waals surface area contributed by atoms with E-state index in [0.29, 0.717) is 57.2 Å². The molecule has 4 heterocycles. The maximum atomic E-state index is 15.0. The molecular weight excluding hydrogens is 855 g/mol. The molecule has 0 spiro atoms. The Labute approximate surface area is 383 Å². The highest BCUT2D eigenvalue weighted by atomic mass is 19.1. The molecule has 8 atom stereocenters. The summed E-state index contributed by atoms with van der Waals surface area (Å²) < 4.78 is 41.7. The lowest BCUT2D eigenvalue weighted by molar-refractivity contribution is -0.149. The van der Waals surface area contributed by atoms with Crippen LogP contribution < -0.4 is 21.3 Å². The third-order valence-electron chi connectivity index (χ3n) is 13.1. The fourth-order valence-electron chi connectivity index (χ4n) is 9.09. The lowest BCUT2D eigenvalue weighted by atomic mass is 9.94. The average molecular weight is 919 g/mol. The van der Waals surface area contributed by atoms with Crippen molar-refractivity contribution in [3.05, 3.63) is 59.2 Å². The summed E-state index contributed by atoms with van der Waals surface area (Å²) >= 11 is 0. The van der Waals surface area contributed by atoms with Gasteiger partial charge in [0.15, 0.2) is 0 Å². The standard InChI is InChI=1S/C48H64F2N8O8/c1-9-37(55-45(61)25(5)51-7)47(63)57-23-31(65-41(59)11-3)19-29(57)21-35-33-15-13-27(49)17-39(33)53-43(35)44-36(34-16-14-28(50)18-40(34)54-44)22-30-20-32(66-42(60)12-4)24-58(30)48(64)38(10-2)56-46(62)26(6)52-8/h13-18,25-26,29-32,37-38,51-54H,9-12,19-24H2,1-8H3,(H,55,61)(H,56,62)/t25-,26-,29-,30-,31-,32-,37-,38-/m0/s1. The summed E-state index contributed by atoms with van der Waals surface area (Å²) in [6.07, 6.45) is 0.603. The third kappa shape index (κ3) is 10.9. The summed E-state index contributed by atoms with van der Waals surface area (Å²) in [7, 11) is 3.30. The molecule has 2 aromatic heterocycles. The van der Waals surface area contributed by atoms with E-state index in [0.717, 1.165) is 0 Å². The summed E-state index contributed by atoms with van der Waals surface area (Å²) in [6, 6.07) is 4.82. The Bertz CT molecular complexity index is 2270. The fraction of sp³-hybridized carbons (Fsp3) is 0.542. The normalized spacial score (nSPS) is 20.3. The van der Waals surface area contributed by atoms with Crippen LogP contribution in [0.15, 0.2) is 36.4 Å². The van der Waals surface area contributed by atoms with Gasteiger partial charge in [-0.05, 0) is 101 Å². The van der Waals surface area contributed by atoms with Gasteiger partial charge >= 0.3 is 11.9 Å². The molecule has 4 aromatic rings. The Morgan fingerprint density at radius 1 is 0.652 bits per heavy atom. The summed E-state index contributed by atoms with van der Waals surface area (Å²) in [5.74, 6) is -3.18. The van der Waals surface area contributed by atoms with Crippen LogP contribution in [0.4, 0.5) is 8.78 Å². The van der Waals surface area contributed by atoms with E-state index in [1.165, 1.54) is 24.3 Å². The Kier molecular flexibility index (Phi) is 16.2. The zero-order valence-corrected chi connectivity index (χ0v) is 39.1. The molecule has 4 amide bonds. The number of hydrogen-bond acceptors (Lipinski definition) is 10. The van der Waals surface area contributed by atoms with Gasteiger partial charge in [-0.25, -0.2) is 8.78 Å². The Balaban J connectivity index is 1.45. The SMILES string of the molecule is CCC(=O)O[C@H]1C[C@@H](Cc2c(-c3[nH]c4cc(F)ccc4c3C[C@@H]3C[C@H](OC(=O)CC)CN3C(=O)[C@H](CC)NC(=O)[C@H](C)NC)[nH]c3cc(F)ccc23)N(C(=O)[C@H](CC)NC(=O)[C@H](C)NC)C1. The molecule has 0 unspecified atom stereocenters. The first-order valence-electron chi connectivity index (χ1n) is 23.1. The lowest BCUT2D eigenvalue weighted by Crippen LogP contribution is -2.53. The summed E-state index contributed by atoms with van der Waals surface area (Å²) in [6.45, 7) is 10.5.